The summed E-state index contributed by atoms with van der Waals surface area (Å²) in [5.74, 6) is 0. The van der Waals surface area contributed by atoms with Crippen molar-refractivity contribution in [2.75, 3.05) is 6.54 Å². The molecule has 0 aliphatic heterocycles. The molecule has 0 bridgehead atoms. The molecule has 0 saturated carbocycles. The molecule has 0 spiro atoms. The second-order valence-corrected chi connectivity index (χ2v) is 4.88. The number of nitrogens with one attached hydrogen (secondary N) is 2. The van der Waals surface area contributed by atoms with E-state index in [1.165, 1.54) is 0 Å². The number of nitrogens with zero attached hydrogens (tertiary/aromatic N) is 1. The Hall–Kier alpha value is -0.840. The smallest absolute Gasteiger partial charge is 0.186 e. The Balaban J connectivity index is 2.40. The topological polar surface area (TPSA) is 36.4 Å². The lowest BCUT2D eigenvalue weighted by atomic mass is 10.2. The first kappa shape index (κ1) is 15.2. The maximum Gasteiger partial charge on any atom is 0.186 e. The van der Waals surface area contributed by atoms with Crippen LogP contribution >= 0.6 is 35.4 Å². The van der Waals surface area contributed by atoms with E-state index >= 15 is 0 Å². The summed E-state index contributed by atoms with van der Waals surface area (Å²) in [7, 11) is 0. The first-order valence-electron chi connectivity index (χ1n) is 5.65. The summed E-state index contributed by atoms with van der Waals surface area (Å²) >= 11 is 16.7. The number of hydrazone groups is 1. The lowest BCUT2D eigenvalue weighted by Gasteiger charge is -2.05. The standard InChI is InChI=1S/C12H15Cl2N3S/c1-2-3-6-15-12(18)17-16-8-9-4-5-10(13)11(14)7-9/h4-5,7-8H,2-3,6H2,1H3,(H2,15,17,18). The van der Waals surface area contributed by atoms with Crippen molar-refractivity contribution in [3.63, 3.8) is 0 Å². The molecule has 98 valence electrons. The van der Waals surface area contributed by atoms with Crippen molar-refractivity contribution in [1.29, 1.82) is 0 Å². The molecule has 0 radical (unpaired) electrons. The van der Waals surface area contributed by atoms with E-state index in [1.807, 2.05) is 6.07 Å². The highest BCUT2D eigenvalue weighted by Gasteiger charge is 1.97. The van der Waals surface area contributed by atoms with E-state index in [2.05, 4.69) is 22.8 Å². The summed E-state index contributed by atoms with van der Waals surface area (Å²) in [6.07, 6.45) is 3.84. The summed E-state index contributed by atoms with van der Waals surface area (Å²) in [5.41, 5.74) is 3.59. The number of hydrogen-bond donors (Lipinski definition) is 2. The van der Waals surface area contributed by atoms with Gasteiger partial charge in [0.2, 0.25) is 0 Å². The Kier molecular flexibility index (Phi) is 7.01. The van der Waals surface area contributed by atoms with Gasteiger partial charge in [-0.1, -0.05) is 42.6 Å². The molecule has 1 rings (SSSR count). The van der Waals surface area contributed by atoms with Crippen LogP contribution in [0.2, 0.25) is 10.0 Å². The first-order chi connectivity index (χ1) is 8.63. The number of hydrogen-bond acceptors (Lipinski definition) is 2. The Morgan fingerprint density at radius 2 is 2.17 bits per heavy atom. The number of benzene rings is 1. The van der Waals surface area contributed by atoms with E-state index in [1.54, 1.807) is 18.3 Å². The molecule has 1 aromatic rings. The first-order valence-corrected chi connectivity index (χ1v) is 6.82. The van der Waals surface area contributed by atoms with Gasteiger partial charge >= 0.3 is 0 Å². The van der Waals surface area contributed by atoms with E-state index in [4.69, 9.17) is 35.4 Å². The van der Waals surface area contributed by atoms with Gasteiger partial charge in [0.1, 0.15) is 0 Å². The van der Waals surface area contributed by atoms with Crippen molar-refractivity contribution in [3.05, 3.63) is 33.8 Å². The molecule has 0 aromatic heterocycles. The van der Waals surface area contributed by atoms with Gasteiger partial charge in [-0.2, -0.15) is 5.10 Å². The van der Waals surface area contributed by atoms with Crippen LogP contribution in [0.15, 0.2) is 23.3 Å². The molecular formula is C12H15Cl2N3S. The van der Waals surface area contributed by atoms with E-state index in [0.717, 1.165) is 24.9 Å². The zero-order valence-corrected chi connectivity index (χ0v) is 12.4. The van der Waals surface area contributed by atoms with Crippen LogP contribution in [0.25, 0.3) is 0 Å². The molecule has 0 saturated heterocycles. The summed E-state index contributed by atoms with van der Waals surface area (Å²) in [5, 5.41) is 8.60. The van der Waals surface area contributed by atoms with Gasteiger partial charge in [-0.15, -0.1) is 0 Å². The fourth-order valence-corrected chi connectivity index (χ4v) is 1.64. The van der Waals surface area contributed by atoms with Gasteiger partial charge in [0.25, 0.3) is 0 Å². The van der Waals surface area contributed by atoms with Crippen LogP contribution in [-0.2, 0) is 0 Å². The van der Waals surface area contributed by atoms with Gasteiger partial charge in [0.15, 0.2) is 5.11 Å². The quantitative estimate of drug-likeness (QED) is 0.378. The lowest BCUT2D eigenvalue weighted by molar-refractivity contribution is 0.745. The Morgan fingerprint density at radius 1 is 1.39 bits per heavy atom. The zero-order chi connectivity index (χ0) is 13.4. The van der Waals surface area contributed by atoms with Crippen LogP contribution in [-0.4, -0.2) is 17.9 Å². The fourth-order valence-electron chi connectivity index (χ4n) is 1.18. The molecule has 0 fully saturated rings. The fraction of sp³-hybridized carbons (Fsp3) is 0.333. The minimum Gasteiger partial charge on any atom is -0.361 e. The van der Waals surface area contributed by atoms with Gasteiger partial charge in [-0.05, 0) is 36.3 Å². The summed E-state index contributed by atoms with van der Waals surface area (Å²) in [4.78, 5) is 0. The highest BCUT2D eigenvalue weighted by molar-refractivity contribution is 7.80. The molecule has 0 unspecified atom stereocenters. The van der Waals surface area contributed by atoms with E-state index < -0.39 is 0 Å². The molecule has 18 heavy (non-hydrogen) atoms. The molecule has 6 heteroatoms. The second kappa shape index (κ2) is 8.29. The highest BCUT2D eigenvalue weighted by atomic mass is 35.5. The third kappa shape index (κ3) is 5.67. The number of rotatable bonds is 5. The monoisotopic (exact) mass is 303 g/mol. The predicted octanol–water partition coefficient (Wildman–Crippen LogP) is 3.59. The number of halogens is 2. The molecule has 0 atom stereocenters. The van der Waals surface area contributed by atoms with Gasteiger partial charge in [-0.25, -0.2) is 0 Å². The van der Waals surface area contributed by atoms with Crippen molar-refractivity contribution >= 4 is 46.7 Å². The summed E-state index contributed by atoms with van der Waals surface area (Å²) in [6.45, 7) is 2.98. The van der Waals surface area contributed by atoms with E-state index in [0.29, 0.717) is 15.2 Å². The minimum absolute atomic E-state index is 0.504. The van der Waals surface area contributed by atoms with Crippen molar-refractivity contribution in [3.8, 4) is 0 Å². The number of thiocarbonyl (C=S) groups is 1. The Bertz CT molecular complexity index is 435. The van der Waals surface area contributed by atoms with Crippen LogP contribution in [0.4, 0.5) is 0 Å². The Labute approximate surface area is 123 Å². The molecule has 3 nitrogen and oxygen atoms in total. The van der Waals surface area contributed by atoms with Gasteiger partial charge in [0, 0.05) is 6.54 Å². The molecule has 0 aliphatic rings. The van der Waals surface area contributed by atoms with Crippen LogP contribution < -0.4 is 10.7 Å². The average molecular weight is 304 g/mol. The second-order valence-electron chi connectivity index (χ2n) is 3.65. The maximum absolute atomic E-state index is 5.89. The molecular weight excluding hydrogens is 289 g/mol. The number of unbranched alkanes of at least 4 members (excludes halogenated alkanes) is 1. The Morgan fingerprint density at radius 3 is 2.83 bits per heavy atom. The highest BCUT2D eigenvalue weighted by Crippen LogP contribution is 2.21. The third-order valence-corrected chi connectivity index (χ3v) is 3.11. The van der Waals surface area contributed by atoms with E-state index in [9.17, 15) is 0 Å². The SMILES string of the molecule is CCCCNC(=S)NN=Cc1ccc(Cl)c(Cl)c1. The molecule has 0 aliphatic carbocycles. The lowest BCUT2D eigenvalue weighted by Crippen LogP contribution is -2.32. The third-order valence-electron chi connectivity index (χ3n) is 2.14. The summed E-state index contributed by atoms with van der Waals surface area (Å²) < 4.78 is 0. The summed E-state index contributed by atoms with van der Waals surface area (Å²) in [6, 6.07) is 5.29. The van der Waals surface area contributed by atoms with Crippen molar-refractivity contribution in [2.24, 2.45) is 5.10 Å². The van der Waals surface area contributed by atoms with Crippen LogP contribution in [0.1, 0.15) is 25.3 Å². The van der Waals surface area contributed by atoms with Gasteiger partial charge < -0.3 is 5.32 Å². The van der Waals surface area contributed by atoms with Crippen LogP contribution in [0, 0.1) is 0 Å². The maximum atomic E-state index is 5.89. The van der Waals surface area contributed by atoms with Crippen molar-refractivity contribution in [2.45, 2.75) is 19.8 Å². The van der Waals surface area contributed by atoms with Gasteiger partial charge in [0.05, 0.1) is 16.3 Å². The van der Waals surface area contributed by atoms with Crippen molar-refractivity contribution in [1.82, 2.24) is 10.7 Å². The zero-order valence-electron chi connectivity index (χ0n) is 10.0. The van der Waals surface area contributed by atoms with E-state index in [-0.39, 0.29) is 0 Å². The van der Waals surface area contributed by atoms with Crippen LogP contribution in [0.3, 0.4) is 0 Å². The molecule has 1 aromatic carbocycles. The molecule has 2 N–H and O–H groups in total. The van der Waals surface area contributed by atoms with Crippen LogP contribution in [0.5, 0.6) is 0 Å². The predicted molar refractivity (Wildman–Crippen MR) is 82.7 cm³/mol. The van der Waals surface area contributed by atoms with Crippen molar-refractivity contribution < 1.29 is 0 Å². The molecule has 0 heterocycles. The minimum atomic E-state index is 0.504. The molecule has 0 amide bonds. The average Bonchev–Trinajstić information content (AvgIpc) is 2.34. The van der Waals surface area contributed by atoms with Gasteiger partial charge in [-0.3, -0.25) is 5.43 Å². The normalized spacial score (nSPS) is 10.6. The largest absolute Gasteiger partial charge is 0.361 e.